The van der Waals surface area contributed by atoms with E-state index in [1.54, 1.807) is 0 Å². The van der Waals surface area contributed by atoms with Gasteiger partial charge in [-0.15, -0.1) is 0 Å². The van der Waals surface area contributed by atoms with Crippen LogP contribution < -0.4 is 0 Å². The Balaban J connectivity index is 1.85. The molecule has 0 saturated carbocycles. The van der Waals surface area contributed by atoms with Crippen LogP contribution in [0.4, 0.5) is 0 Å². The van der Waals surface area contributed by atoms with Gasteiger partial charge in [-0.1, -0.05) is 13.3 Å². The maximum Gasteiger partial charge on any atom is 0.0244 e. The van der Waals surface area contributed by atoms with Gasteiger partial charge >= 0.3 is 0 Å². The molecule has 0 aromatic heterocycles. The largest absolute Gasteiger partial charge is 0.298 e. The Morgan fingerprint density at radius 1 is 1.28 bits per heavy atom. The molecule has 4 heteroatoms. The van der Waals surface area contributed by atoms with Crippen LogP contribution >= 0.6 is 0 Å². The zero-order valence-corrected chi connectivity index (χ0v) is 12.8. The Kier molecular flexibility index (Phi) is 5.64. The van der Waals surface area contributed by atoms with Crippen LogP contribution in [-0.4, -0.2) is 64.3 Å². The van der Waals surface area contributed by atoms with E-state index in [9.17, 15) is 4.21 Å². The van der Waals surface area contributed by atoms with E-state index in [-0.39, 0.29) is 0 Å². The number of nitrogens with zero attached hydrogens (tertiary/aromatic N) is 2. The van der Waals surface area contributed by atoms with E-state index in [1.165, 1.54) is 45.3 Å². The van der Waals surface area contributed by atoms with Crippen LogP contribution in [0.1, 0.15) is 39.0 Å². The molecule has 2 rings (SSSR count). The van der Waals surface area contributed by atoms with E-state index in [2.05, 4.69) is 16.7 Å². The lowest BCUT2D eigenvalue weighted by molar-refractivity contribution is 0.00789. The third-order valence-corrected chi connectivity index (χ3v) is 5.37. The third-order valence-electron chi connectivity index (χ3n) is 4.50. The molecule has 2 aliphatic rings. The van der Waals surface area contributed by atoms with Gasteiger partial charge in [-0.3, -0.25) is 14.0 Å². The van der Waals surface area contributed by atoms with Gasteiger partial charge in [0, 0.05) is 48.0 Å². The van der Waals surface area contributed by atoms with Crippen molar-refractivity contribution in [3.05, 3.63) is 0 Å². The number of hydrogen-bond acceptors (Lipinski definition) is 3. The van der Waals surface area contributed by atoms with Gasteiger partial charge in [-0.2, -0.15) is 0 Å². The van der Waals surface area contributed by atoms with Gasteiger partial charge < -0.3 is 0 Å². The van der Waals surface area contributed by atoms with Crippen molar-refractivity contribution in [2.45, 2.75) is 51.1 Å². The maximum atomic E-state index is 11.1. The molecular formula is C14H28N2OS. The highest BCUT2D eigenvalue weighted by Crippen LogP contribution is 2.25. The predicted octanol–water partition coefficient (Wildman–Crippen LogP) is 1.70. The molecule has 0 N–H and O–H groups in total. The molecule has 2 heterocycles. The van der Waals surface area contributed by atoms with Gasteiger partial charge in [0.25, 0.3) is 0 Å². The van der Waals surface area contributed by atoms with Crippen LogP contribution in [0.25, 0.3) is 0 Å². The summed E-state index contributed by atoms with van der Waals surface area (Å²) in [7, 11) is -0.628. The number of fused-ring (bicyclic) bond motifs is 1. The lowest BCUT2D eigenvalue weighted by atomic mass is 9.96. The molecule has 3 atom stereocenters. The standard InChI is InChI=1S/C14H28N2OS/c1-3-13-11-16-8-5-4-7-14(16)12-15(13)9-6-10-18(2)17/h13-14H,3-12H2,1-2H3. The summed E-state index contributed by atoms with van der Waals surface area (Å²) in [6.07, 6.45) is 8.33. The smallest absolute Gasteiger partial charge is 0.0244 e. The molecule has 0 bridgehead atoms. The van der Waals surface area contributed by atoms with E-state index < -0.39 is 10.8 Å². The van der Waals surface area contributed by atoms with Crippen molar-refractivity contribution in [1.29, 1.82) is 0 Å². The van der Waals surface area contributed by atoms with Crippen molar-refractivity contribution in [2.75, 3.05) is 38.2 Å². The van der Waals surface area contributed by atoms with E-state index in [0.29, 0.717) is 0 Å². The number of piperazine rings is 1. The van der Waals surface area contributed by atoms with Crippen molar-refractivity contribution in [1.82, 2.24) is 9.80 Å². The van der Waals surface area contributed by atoms with Crippen molar-refractivity contribution < 1.29 is 4.21 Å². The molecule has 3 unspecified atom stereocenters. The molecule has 0 aromatic carbocycles. The van der Waals surface area contributed by atoms with Gasteiger partial charge in [0.05, 0.1) is 0 Å². The van der Waals surface area contributed by atoms with E-state index >= 15 is 0 Å². The van der Waals surface area contributed by atoms with Gasteiger partial charge in [-0.25, -0.2) is 0 Å². The van der Waals surface area contributed by atoms with Crippen molar-refractivity contribution in [3.63, 3.8) is 0 Å². The summed E-state index contributed by atoms with van der Waals surface area (Å²) < 4.78 is 11.1. The molecule has 0 radical (unpaired) electrons. The van der Waals surface area contributed by atoms with Crippen molar-refractivity contribution >= 4 is 10.8 Å². The van der Waals surface area contributed by atoms with Crippen LogP contribution in [0.5, 0.6) is 0 Å². The Hall–Kier alpha value is 0.0700. The zero-order chi connectivity index (χ0) is 13.0. The zero-order valence-electron chi connectivity index (χ0n) is 11.9. The Bertz CT molecular complexity index is 285. The maximum absolute atomic E-state index is 11.1. The topological polar surface area (TPSA) is 23.6 Å². The molecule has 0 aromatic rings. The summed E-state index contributed by atoms with van der Waals surface area (Å²) in [5, 5.41) is 0. The van der Waals surface area contributed by atoms with Crippen LogP contribution in [0.3, 0.4) is 0 Å². The summed E-state index contributed by atoms with van der Waals surface area (Å²) in [6, 6.07) is 1.53. The second kappa shape index (κ2) is 7.01. The third kappa shape index (κ3) is 3.78. The summed E-state index contributed by atoms with van der Waals surface area (Å²) in [4.78, 5) is 5.38. The van der Waals surface area contributed by atoms with Crippen LogP contribution in [0.2, 0.25) is 0 Å². The SMILES string of the molecule is CCC1CN2CCCCC2CN1CCCS(C)=O. The van der Waals surface area contributed by atoms with E-state index in [1.807, 2.05) is 6.26 Å². The Morgan fingerprint density at radius 2 is 2.11 bits per heavy atom. The molecule has 2 fully saturated rings. The second-order valence-electron chi connectivity index (χ2n) is 5.83. The highest BCUT2D eigenvalue weighted by Gasteiger charge is 2.33. The highest BCUT2D eigenvalue weighted by molar-refractivity contribution is 7.84. The van der Waals surface area contributed by atoms with Crippen LogP contribution in [-0.2, 0) is 10.8 Å². The Morgan fingerprint density at radius 3 is 2.83 bits per heavy atom. The first-order chi connectivity index (χ1) is 8.70. The first kappa shape index (κ1) is 14.5. The van der Waals surface area contributed by atoms with Gasteiger partial charge in [0.2, 0.25) is 0 Å². The number of piperidine rings is 1. The number of rotatable bonds is 5. The molecule has 0 spiro atoms. The molecule has 106 valence electrons. The minimum Gasteiger partial charge on any atom is -0.298 e. The first-order valence-electron chi connectivity index (χ1n) is 7.48. The predicted molar refractivity (Wildman–Crippen MR) is 78.4 cm³/mol. The fourth-order valence-electron chi connectivity index (χ4n) is 3.45. The molecule has 0 amide bonds. The summed E-state index contributed by atoms with van der Waals surface area (Å²) in [5.74, 6) is 0.862. The fraction of sp³-hybridized carbons (Fsp3) is 1.00. The molecule has 3 nitrogen and oxygen atoms in total. The second-order valence-corrected chi connectivity index (χ2v) is 7.39. The first-order valence-corrected chi connectivity index (χ1v) is 9.21. The summed E-state index contributed by atoms with van der Waals surface area (Å²) in [5.41, 5.74) is 0. The average molecular weight is 272 g/mol. The highest BCUT2D eigenvalue weighted by atomic mass is 32.2. The molecule has 0 aliphatic carbocycles. The lowest BCUT2D eigenvalue weighted by Gasteiger charge is -2.48. The van der Waals surface area contributed by atoms with Gasteiger partial charge in [0.15, 0.2) is 0 Å². The van der Waals surface area contributed by atoms with Gasteiger partial charge in [0.1, 0.15) is 0 Å². The summed E-state index contributed by atoms with van der Waals surface area (Å²) >= 11 is 0. The Labute approximate surface area is 114 Å². The van der Waals surface area contributed by atoms with Gasteiger partial charge in [-0.05, 0) is 38.8 Å². The minimum atomic E-state index is -0.628. The van der Waals surface area contributed by atoms with Crippen LogP contribution in [0.15, 0.2) is 0 Å². The molecule has 2 saturated heterocycles. The average Bonchev–Trinajstić information content (AvgIpc) is 2.37. The van der Waals surface area contributed by atoms with Crippen molar-refractivity contribution in [3.8, 4) is 0 Å². The quantitative estimate of drug-likeness (QED) is 0.761. The lowest BCUT2D eigenvalue weighted by Crippen LogP contribution is -2.59. The van der Waals surface area contributed by atoms with E-state index in [0.717, 1.165) is 30.8 Å². The minimum absolute atomic E-state index is 0.628. The summed E-state index contributed by atoms with van der Waals surface area (Å²) in [6.45, 7) is 7.27. The fourth-order valence-corrected chi connectivity index (χ4v) is 3.98. The molecule has 2 aliphatic heterocycles. The molecule has 18 heavy (non-hydrogen) atoms. The van der Waals surface area contributed by atoms with E-state index in [4.69, 9.17) is 0 Å². The van der Waals surface area contributed by atoms with Crippen LogP contribution in [0, 0.1) is 0 Å². The number of hydrogen-bond donors (Lipinski definition) is 0. The van der Waals surface area contributed by atoms with Crippen molar-refractivity contribution in [2.24, 2.45) is 0 Å². The normalized spacial score (nSPS) is 32.1. The monoisotopic (exact) mass is 272 g/mol. The molecular weight excluding hydrogens is 244 g/mol.